The Labute approximate surface area is 143 Å². The first-order valence-electron chi connectivity index (χ1n) is 7.48. The van der Waals surface area contributed by atoms with Crippen molar-refractivity contribution in [2.24, 2.45) is 0 Å². The zero-order valence-electron chi connectivity index (χ0n) is 12.5. The molecule has 116 valence electrons. The van der Waals surface area contributed by atoms with Crippen molar-refractivity contribution in [3.8, 4) is 0 Å². The molecule has 2 aromatic rings. The highest BCUT2D eigenvalue weighted by atomic mass is 127. The zero-order valence-corrected chi connectivity index (χ0v) is 14.7. The van der Waals surface area contributed by atoms with E-state index in [-0.39, 0.29) is 11.9 Å². The number of benzene rings is 1. The number of amides is 1. The summed E-state index contributed by atoms with van der Waals surface area (Å²) in [6, 6.07) is 8.41. The zero-order chi connectivity index (χ0) is 15.5. The number of imidazole rings is 1. The third-order valence-corrected chi connectivity index (χ3v) is 4.75. The van der Waals surface area contributed by atoms with Gasteiger partial charge in [-0.25, -0.2) is 9.99 Å². The van der Waals surface area contributed by atoms with E-state index >= 15 is 0 Å². The van der Waals surface area contributed by atoms with Gasteiger partial charge in [-0.1, -0.05) is 12.1 Å². The third kappa shape index (κ3) is 3.33. The Hall–Kier alpha value is -1.41. The van der Waals surface area contributed by atoms with E-state index in [4.69, 9.17) is 0 Å². The minimum atomic E-state index is -0.0863. The Morgan fingerprint density at radius 1 is 1.27 bits per heavy atom. The lowest BCUT2D eigenvalue weighted by Crippen LogP contribution is -2.41. The first-order valence-corrected chi connectivity index (χ1v) is 8.56. The van der Waals surface area contributed by atoms with Crippen LogP contribution in [0.15, 0.2) is 36.8 Å². The Morgan fingerprint density at radius 2 is 1.95 bits per heavy atom. The molecule has 1 fully saturated rings. The molecule has 5 nitrogen and oxygen atoms in total. The number of hydrogen-bond donors (Lipinski definition) is 1. The summed E-state index contributed by atoms with van der Waals surface area (Å²) in [6.45, 7) is 3.93. The van der Waals surface area contributed by atoms with Gasteiger partial charge >= 0.3 is 0 Å². The van der Waals surface area contributed by atoms with E-state index in [1.807, 2.05) is 9.58 Å². The molecule has 0 saturated carbocycles. The number of hydrogen-bond acceptors (Lipinski definition) is 3. The van der Waals surface area contributed by atoms with E-state index in [1.54, 1.807) is 12.5 Å². The van der Waals surface area contributed by atoms with Crippen LogP contribution in [0.2, 0.25) is 0 Å². The van der Waals surface area contributed by atoms with Gasteiger partial charge in [0.25, 0.3) is 5.91 Å². The molecule has 1 N–H and O–H groups in total. The van der Waals surface area contributed by atoms with Gasteiger partial charge < -0.3 is 4.57 Å². The molecule has 1 aliphatic rings. The van der Waals surface area contributed by atoms with Crippen LogP contribution in [0.1, 0.15) is 41.9 Å². The Bertz CT molecular complexity index is 646. The molecular formula is C16H19IN4O. The van der Waals surface area contributed by atoms with Gasteiger partial charge in [0.05, 0.1) is 18.6 Å². The van der Waals surface area contributed by atoms with Gasteiger partial charge in [-0.05, 0) is 60.1 Å². The molecule has 22 heavy (non-hydrogen) atoms. The van der Waals surface area contributed by atoms with Crippen LogP contribution in [0.25, 0.3) is 0 Å². The molecular weight excluding hydrogens is 391 g/mol. The summed E-state index contributed by atoms with van der Waals surface area (Å²) >= 11 is 2.29. The number of rotatable bonds is 4. The number of halogens is 1. The Kier molecular flexibility index (Phi) is 4.77. The standard InChI is InChI=1S/C16H19IN4O/c1-12(13-4-6-14(17)7-5-13)21-11-18-10-15(21)16(22)19-20-8-2-3-9-20/h4-7,10-12H,2-3,8-9H2,1H3,(H,19,22)/t12-/m1/s1. The van der Waals surface area contributed by atoms with Crippen molar-refractivity contribution < 1.29 is 4.79 Å². The largest absolute Gasteiger partial charge is 0.319 e. The molecule has 0 aliphatic carbocycles. The van der Waals surface area contributed by atoms with E-state index in [1.165, 1.54) is 3.57 Å². The lowest BCUT2D eigenvalue weighted by Gasteiger charge is -2.20. The van der Waals surface area contributed by atoms with Crippen molar-refractivity contribution in [3.63, 3.8) is 0 Å². The second-order valence-corrected chi connectivity index (χ2v) is 6.79. The minimum absolute atomic E-state index is 0.0684. The highest BCUT2D eigenvalue weighted by molar-refractivity contribution is 14.1. The van der Waals surface area contributed by atoms with Crippen LogP contribution < -0.4 is 5.43 Å². The summed E-state index contributed by atoms with van der Waals surface area (Å²) in [4.78, 5) is 16.6. The lowest BCUT2D eigenvalue weighted by molar-refractivity contribution is 0.0815. The molecule has 6 heteroatoms. The molecule has 2 heterocycles. The molecule has 0 spiro atoms. The number of carbonyl (C=O) groups is 1. The fraction of sp³-hybridized carbons (Fsp3) is 0.375. The normalized spacial score (nSPS) is 16.6. The van der Waals surface area contributed by atoms with Gasteiger partial charge in [0.15, 0.2) is 0 Å². The molecule has 0 unspecified atom stereocenters. The summed E-state index contributed by atoms with van der Waals surface area (Å²) in [6.07, 6.45) is 5.63. The SMILES string of the molecule is C[C@H](c1ccc(I)cc1)n1cncc1C(=O)NN1CCCC1. The van der Waals surface area contributed by atoms with Crippen molar-refractivity contribution in [1.82, 2.24) is 20.0 Å². The molecule has 1 aromatic heterocycles. The number of hydrazine groups is 1. The molecule has 1 aromatic carbocycles. The van der Waals surface area contributed by atoms with Gasteiger partial charge in [-0.2, -0.15) is 0 Å². The summed E-state index contributed by atoms with van der Waals surface area (Å²) < 4.78 is 3.12. The number of carbonyl (C=O) groups excluding carboxylic acids is 1. The molecule has 0 radical (unpaired) electrons. The van der Waals surface area contributed by atoms with Crippen LogP contribution in [-0.2, 0) is 0 Å². The van der Waals surface area contributed by atoms with Gasteiger partial charge in [-0.3, -0.25) is 10.2 Å². The molecule has 1 saturated heterocycles. The highest BCUT2D eigenvalue weighted by Gasteiger charge is 2.20. The fourth-order valence-electron chi connectivity index (χ4n) is 2.72. The molecule has 0 bridgehead atoms. The maximum atomic E-state index is 12.5. The third-order valence-electron chi connectivity index (χ3n) is 4.03. The van der Waals surface area contributed by atoms with Crippen molar-refractivity contribution in [2.45, 2.75) is 25.8 Å². The summed E-state index contributed by atoms with van der Waals surface area (Å²) in [5, 5.41) is 1.98. The van der Waals surface area contributed by atoms with Crippen molar-refractivity contribution in [3.05, 3.63) is 51.6 Å². The highest BCUT2D eigenvalue weighted by Crippen LogP contribution is 2.21. The fourth-order valence-corrected chi connectivity index (χ4v) is 3.08. The average molecular weight is 410 g/mol. The van der Waals surface area contributed by atoms with E-state index < -0.39 is 0 Å². The first-order chi connectivity index (χ1) is 10.6. The second kappa shape index (κ2) is 6.78. The lowest BCUT2D eigenvalue weighted by atomic mass is 10.1. The van der Waals surface area contributed by atoms with Crippen LogP contribution in [0.5, 0.6) is 0 Å². The van der Waals surface area contributed by atoms with E-state index in [0.29, 0.717) is 5.69 Å². The van der Waals surface area contributed by atoms with E-state index in [2.05, 4.69) is 64.2 Å². The maximum Gasteiger partial charge on any atom is 0.283 e. The minimum Gasteiger partial charge on any atom is -0.319 e. The summed E-state index contributed by atoms with van der Waals surface area (Å²) in [7, 11) is 0. The quantitative estimate of drug-likeness (QED) is 0.789. The van der Waals surface area contributed by atoms with Gasteiger partial charge in [0.2, 0.25) is 0 Å². The topological polar surface area (TPSA) is 50.2 Å². The van der Waals surface area contributed by atoms with Crippen LogP contribution in [-0.4, -0.2) is 33.6 Å². The monoisotopic (exact) mass is 410 g/mol. The van der Waals surface area contributed by atoms with Crippen LogP contribution in [0.4, 0.5) is 0 Å². The number of nitrogens with one attached hydrogen (secondary N) is 1. The molecule has 3 rings (SSSR count). The maximum absolute atomic E-state index is 12.5. The van der Waals surface area contributed by atoms with Gasteiger partial charge in [0.1, 0.15) is 5.69 Å². The Morgan fingerprint density at radius 3 is 2.64 bits per heavy atom. The summed E-state index contributed by atoms with van der Waals surface area (Å²) in [5.41, 5.74) is 4.73. The first kappa shape index (κ1) is 15.5. The van der Waals surface area contributed by atoms with Gasteiger partial charge in [-0.15, -0.1) is 0 Å². The van der Waals surface area contributed by atoms with Gasteiger partial charge in [0, 0.05) is 16.7 Å². The van der Waals surface area contributed by atoms with Crippen molar-refractivity contribution in [2.75, 3.05) is 13.1 Å². The summed E-state index contributed by atoms with van der Waals surface area (Å²) in [5.74, 6) is -0.0863. The number of nitrogens with zero attached hydrogens (tertiary/aromatic N) is 3. The number of aromatic nitrogens is 2. The van der Waals surface area contributed by atoms with E-state index in [0.717, 1.165) is 31.5 Å². The van der Waals surface area contributed by atoms with Crippen LogP contribution in [0, 0.1) is 3.57 Å². The Balaban J connectivity index is 1.78. The van der Waals surface area contributed by atoms with Crippen molar-refractivity contribution in [1.29, 1.82) is 0 Å². The van der Waals surface area contributed by atoms with Crippen LogP contribution in [0.3, 0.4) is 0 Å². The van der Waals surface area contributed by atoms with E-state index in [9.17, 15) is 4.79 Å². The molecule has 1 atom stereocenters. The molecule has 1 aliphatic heterocycles. The average Bonchev–Trinajstić information content (AvgIpc) is 3.18. The predicted molar refractivity (Wildman–Crippen MR) is 93.5 cm³/mol. The smallest absolute Gasteiger partial charge is 0.283 e. The predicted octanol–water partition coefficient (Wildman–Crippen LogP) is 2.84. The van der Waals surface area contributed by atoms with Crippen LogP contribution >= 0.6 is 22.6 Å². The van der Waals surface area contributed by atoms with Crippen molar-refractivity contribution >= 4 is 28.5 Å². The second-order valence-electron chi connectivity index (χ2n) is 5.55. The molecule has 1 amide bonds.